The lowest BCUT2D eigenvalue weighted by atomic mass is 10.2. The zero-order valence-electron chi connectivity index (χ0n) is 9.23. The number of benzene rings is 1. The second-order valence-corrected chi connectivity index (χ2v) is 4.40. The zero-order valence-corrected chi connectivity index (χ0v) is 10.0. The molecule has 0 unspecified atom stereocenters. The summed E-state index contributed by atoms with van der Waals surface area (Å²) in [5.41, 5.74) is 0.624. The normalized spacial score (nSPS) is 16.3. The van der Waals surface area contributed by atoms with E-state index < -0.39 is 5.97 Å². The molecule has 1 aromatic rings. The summed E-state index contributed by atoms with van der Waals surface area (Å²) >= 11 is 1.34. The monoisotopic (exact) mass is 249 g/mol. The van der Waals surface area contributed by atoms with Gasteiger partial charge in [-0.05, 0) is 19.1 Å². The lowest BCUT2D eigenvalue weighted by Crippen LogP contribution is -2.26. The van der Waals surface area contributed by atoms with Gasteiger partial charge in [-0.15, -0.1) is 0 Å². The molecule has 0 fully saturated rings. The number of esters is 1. The SMILES string of the molecule is CCOC(=O)/C=C1\NC(=O)c2ccccc2S1. The molecule has 0 aromatic heterocycles. The average molecular weight is 249 g/mol. The van der Waals surface area contributed by atoms with Gasteiger partial charge in [-0.1, -0.05) is 23.9 Å². The predicted octanol–water partition coefficient (Wildman–Crippen LogP) is 1.93. The van der Waals surface area contributed by atoms with Crippen LogP contribution in [0.1, 0.15) is 17.3 Å². The lowest BCUT2D eigenvalue weighted by Gasteiger charge is -2.17. The van der Waals surface area contributed by atoms with Crippen LogP contribution in [0.4, 0.5) is 0 Å². The van der Waals surface area contributed by atoms with E-state index in [2.05, 4.69) is 5.32 Å². The van der Waals surface area contributed by atoms with Gasteiger partial charge < -0.3 is 10.1 Å². The first-order valence-electron chi connectivity index (χ1n) is 5.17. The van der Waals surface area contributed by atoms with Crippen LogP contribution in [0.25, 0.3) is 0 Å². The van der Waals surface area contributed by atoms with Gasteiger partial charge in [0.1, 0.15) is 0 Å². The number of hydrogen-bond acceptors (Lipinski definition) is 4. The van der Waals surface area contributed by atoms with E-state index in [1.54, 1.807) is 19.1 Å². The standard InChI is InChI=1S/C12H11NO3S/c1-2-16-11(14)7-10-13-12(15)8-5-3-4-6-9(8)17-10/h3-7H,2H2,1H3,(H,13,15)/b10-7+. The topological polar surface area (TPSA) is 55.4 Å². The highest BCUT2D eigenvalue weighted by Gasteiger charge is 2.20. The lowest BCUT2D eigenvalue weighted by molar-refractivity contribution is -0.137. The molecule has 2 rings (SSSR count). The van der Waals surface area contributed by atoms with Gasteiger partial charge >= 0.3 is 5.97 Å². The molecule has 88 valence electrons. The highest BCUT2D eigenvalue weighted by molar-refractivity contribution is 8.03. The van der Waals surface area contributed by atoms with Crippen LogP contribution in [0.15, 0.2) is 40.3 Å². The Hall–Kier alpha value is -1.75. The first-order valence-corrected chi connectivity index (χ1v) is 5.99. The fraction of sp³-hybridized carbons (Fsp3) is 0.167. The molecule has 1 heterocycles. The number of hydrogen-bond donors (Lipinski definition) is 1. The van der Waals surface area contributed by atoms with E-state index in [1.165, 1.54) is 17.8 Å². The Balaban J connectivity index is 2.22. The maximum atomic E-state index is 11.7. The van der Waals surface area contributed by atoms with Gasteiger partial charge in [-0.3, -0.25) is 4.79 Å². The van der Waals surface area contributed by atoms with Crippen molar-refractivity contribution in [3.05, 3.63) is 40.9 Å². The highest BCUT2D eigenvalue weighted by atomic mass is 32.2. The minimum Gasteiger partial charge on any atom is -0.463 e. The number of carbonyl (C=O) groups is 2. The molecule has 0 radical (unpaired) electrons. The van der Waals surface area contributed by atoms with E-state index in [1.807, 2.05) is 12.1 Å². The number of ether oxygens (including phenoxy) is 1. The molecule has 1 aliphatic rings. The Morgan fingerprint density at radius 3 is 3.00 bits per heavy atom. The summed E-state index contributed by atoms with van der Waals surface area (Å²) in [6.45, 7) is 2.05. The van der Waals surface area contributed by atoms with Gasteiger partial charge in [0, 0.05) is 4.90 Å². The summed E-state index contributed by atoms with van der Waals surface area (Å²) in [6.07, 6.45) is 1.29. The summed E-state index contributed by atoms with van der Waals surface area (Å²) in [7, 11) is 0. The maximum Gasteiger partial charge on any atom is 0.333 e. The number of thioether (sulfide) groups is 1. The number of carbonyl (C=O) groups excluding carboxylic acids is 2. The van der Waals surface area contributed by atoms with Gasteiger partial charge in [-0.25, -0.2) is 4.79 Å². The number of amides is 1. The molecule has 1 aromatic carbocycles. The summed E-state index contributed by atoms with van der Waals surface area (Å²) in [6, 6.07) is 7.25. The van der Waals surface area contributed by atoms with E-state index >= 15 is 0 Å². The quantitative estimate of drug-likeness (QED) is 0.642. The Bertz CT molecular complexity index is 496. The molecule has 0 saturated heterocycles. The largest absolute Gasteiger partial charge is 0.463 e. The van der Waals surface area contributed by atoms with Crippen molar-refractivity contribution < 1.29 is 14.3 Å². The molecule has 0 atom stereocenters. The summed E-state index contributed by atoms with van der Waals surface area (Å²) < 4.78 is 4.79. The first kappa shape index (κ1) is 11.7. The fourth-order valence-corrected chi connectivity index (χ4v) is 2.38. The van der Waals surface area contributed by atoms with E-state index in [0.29, 0.717) is 17.2 Å². The van der Waals surface area contributed by atoms with Crippen LogP contribution in [0.5, 0.6) is 0 Å². The van der Waals surface area contributed by atoms with E-state index in [9.17, 15) is 9.59 Å². The second-order valence-electron chi connectivity index (χ2n) is 3.31. The van der Waals surface area contributed by atoms with Crippen molar-refractivity contribution >= 4 is 23.6 Å². The van der Waals surface area contributed by atoms with E-state index in [4.69, 9.17) is 4.74 Å². The Labute approximate surface area is 103 Å². The Morgan fingerprint density at radius 1 is 1.47 bits per heavy atom. The summed E-state index contributed by atoms with van der Waals surface area (Å²) in [5, 5.41) is 3.14. The van der Waals surface area contributed by atoms with Gasteiger partial charge in [0.15, 0.2) is 0 Å². The fourth-order valence-electron chi connectivity index (χ4n) is 1.42. The molecule has 17 heavy (non-hydrogen) atoms. The number of fused-ring (bicyclic) bond motifs is 1. The predicted molar refractivity (Wildman–Crippen MR) is 64.5 cm³/mol. The molecular formula is C12H11NO3S. The van der Waals surface area contributed by atoms with E-state index in [0.717, 1.165) is 4.90 Å². The van der Waals surface area contributed by atoms with Crippen molar-refractivity contribution in [1.29, 1.82) is 0 Å². The Kier molecular flexibility index (Phi) is 3.49. The molecule has 1 amide bonds. The van der Waals surface area contributed by atoms with Gasteiger partial charge in [0.2, 0.25) is 0 Å². The molecule has 5 heteroatoms. The van der Waals surface area contributed by atoms with Crippen LogP contribution in [0.3, 0.4) is 0 Å². The minimum atomic E-state index is -0.449. The molecule has 0 spiro atoms. The second kappa shape index (κ2) is 5.05. The molecule has 4 nitrogen and oxygen atoms in total. The molecule has 1 N–H and O–H groups in total. The molecule has 1 aliphatic heterocycles. The van der Waals surface area contributed by atoms with Crippen LogP contribution < -0.4 is 5.32 Å². The highest BCUT2D eigenvalue weighted by Crippen LogP contribution is 2.32. The van der Waals surface area contributed by atoms with Crippen LogP contribution >= 0.6 is 11.8 Å². The minimum absolute atomic E-state index is 0.199. The number of rotatable bonds is 2. The van der Waals surface area contributed by atoms with Crippen LogP contribution in [-0.4, -0.2) is 18.5 Å². The third-order valence-electron chi connectivity index (χ3n) is 2.12. The van der Waals surface area contributed by atoms with E-state index in [-0.39, 0.29) is 5.91 Å². The van der Waals surface area contributed by atoms with Crippen molar-refractivity contribution in [1.82, 2.24) is 5.32 Å². The smallest absolute Gasteiger partial charge is 0.333 e. The third-order valence-corrected chi connectivity index (χ3v) is 3.14. The van der Waals surface area contributed by atoms with Crippen molar-refractivity contribution in [3.63, 3.8) is 0 Å². The van der Waals surface area contributed by atoms with Gasteiger partial charge in [-0.2, -0.15) is 0 Å². The van der Waals surface area contributed by atoms with Crippen LogP contribution in [0.2, 0.25) is 0 Å². The third kappa shape index (κ3) is 2.68. The van der Waals surface area contributed by atoms with Gasteiger partial charge in [0.05, 0.1) is 23.3 Å². The average Bonchev–Trinajstić information content (AvgIpc) is 2.29. The van der Waals surface area contributed by atoms with Crippen LogP contribution in [-0.2, 0) is 9.53 Å². The van der Waals surface area contributed by atoms with Crippen molar-refractivity contribution in [3.8, 4) is 0 Å². The summed E-state index contributed by atoms with van der Waals surface area (Å²) in [5.74, 6) is -0.649. The molecular weight excluding hydrogens is 238 g/mol. The maximum absolute atomic E-state index is 11.7. The van der Waals surface area contributed by atoms with Crippen molar-refractivity contribution in [2.75, 3.05) is 6.61 Å². The molecule has 0 bridgehead atoms. The first-order chi connectivity index (χ1) is 8.20. The Morgan fingerprint density at radius 2 is 2.24 bits per heavy atom. The molecule has 0 saturated carbocycles. The zero-order chi connectivity index (χ0) is 12.3. The van der Waals surface area contributed by atoms with Gasteiger partial charge in [0.25, 0.3) is 5.91 Å². The van der Waals surface area contributed by atoms with Crippen molar-refractivity contribution in [2.24, 2.45) is 0 Å². The summed E-state index contributed by atoms with van der Waals surface area (Å²) in [4.78, 5) is 23.8. The number of nitrogens with one attached hydrogen (secondary N) is 1. The molecule has 0 aliphatic carbocycles. The van der Waals surface area contributed by atoms with Crippen molar-refractivity contribution in [2.45, 2.75) is 11.8 Å². The van der Waals surface area contributed by atoms with Crippen LogP contribution in [0, 0.1) is 0 Å².